The van der Waals surface area contributed by atoms with Crippen molar-refractivity contribution < 1.29 is 9.53 Å². The van der Waals surface area contributed by atoms with E-state index in [4.69, 9.17) is 4.74 Å². The van der Waals surface area contributed by atoms with E-state index in [1.807, 2.05) is 32.2 Å². The molecule has 4 nitrogen and oxygen atoms in total. The topological polar surface area (TPSA) is 41.6 Å². The van der Waals surface area contributed by atoms with Gasteiger partial charge in [-0.25, -0.2) is 4.79 Å². The molecule has 0 atom stereocenters. The average molecular weight is 206 g/mol. The summed E-state index contributed by atoms with van der Waals surface area (Å²) in [5.41, 5.74) is 2.99. The first-order valence-electron chi connectivity index (χ1n) is 4.95. The summed E-state index contributed by atoms with van der Waals surface area (Å²) in [4.78, 5) is 13.1. The molecule has 4 heteroatoms. The van der Waals surface area contributed by atoms with Gasteiger partial charge in [0.1, 0.15) is 6.61 Å². The number of anilines is 2. The predicted octanol–water partition coefficient (Wildman–Crippen LogP) is 1.99. The first-order valence-corrected chi connectivity index (χ1v) is 4.95. The molecule has 0 unspecified atom stereocenters. The summed E-state index contributed by atoms with van der Waals surface area (Å²) < 4.78 is 4.91. The number of carbonyl (C=O) groups is 1. The van der Waals surface area contributed by atoms with E-state index in [0.29, 0.717) is 13.2 Å². The molecule has 1 aromatic rings. The highest BCUT2D eigenvalue weighted by atomic mass is 16.6. The van der Waals surface area contributed by atoms with Crippen LogP contribution in [-0.4, -0.2) is 26.3 Å². The lowest BCUT2D eigenvalue weighted by Crippen LogP contribution is -2.24. The molecule has 1 N–H and O–H groups in total. The Morgan fingerprint density at radius 1 is 1.47 bits per heavy atom. The van der Waals surface area contributed by atoms with E-state index < -0.39 is 0 Å². The van der Waals surface area contributed by atoms with Gasteiger partial charge in [-0.05, 0) is 24.6 Å². The molecular formula is C11H14N2O2. The molecule has 1 amide bonds. The second kappa shape index (κ2) is 3.81. The van der Waals surface area contributed by atoms with Crippen LogP contribution in [0.3, 0.4) is 0 Å². The highest BCUT2D eigenvalue weighted by Gasteiger charge is 2.24. The average Bonchev–Trinajstić information content (AvgIpc) is 2.65. The third-order valence-electron chi connectivity index (χ3n) is 2.55. The van der Waals surface area contributed by atoms with Gasteiger partial charge in [0.05, 0.1) is 12.2 Å². The van der Waals surface area contributed by atoms with Gasteiger partial charge in [0.2, 0.25) is 0 Å². The summed E-state index contributed by atoms with van der Waals surface area (Å²) in [5, 5.41) is 3.05. The van der Waals surface area contributed by atoms with Gasteiger partial charge >= 0.3 is 6.09 Å². The zero-order chi connectivity index (χ0) is 10.8. The van der Waals surface area contributed by atoms with Gasteiger partial charge < -0.3 is 10.1 Å². The Kier molecular flexibility index (Phi) is 2.49. The maximum Gasteiger partial charge on any atom is 0.414 e. The van der Waals surface area contributed by atoms with Crippen LogP contribution in [0.5, 0.6) is 0 Å². The Labute approximate surface area is 88.8 Å². The minimum atomic E-state index is -0.258. The van der Waals surface area contributed by atoms with E-state index in [1.54, 1.807) is 4.90 Å². The van der Waals surface area contributed by atoms with Crippen molar-refractivity contribution in [2.45, 2.75) is 6.92 Å². The third kappa shape index (κ3) is 1.75. The van der Waals surface area contributed by atoms with Crippen LogP contribution >= 0.6 is 0 Å². The number of aryl methyl sites for hydroxylation is 1. The van der Waals surface area contributed by atoms with Gasteiger partial charge in [-0.3, -0.25) is 4.90 Å². The number of hydrogen-bond donors (Lipinski definition) is 1. The number of nitrogens with zero attached hydrogens (tertiary/aromatic N) is 1. The van der Waals surface area contributed by atoms with Crippen molar-refractivity contribution in [2.75, 3.05) is 30.4 Å². The minimum Gasteiger partial charge on any atom is -0.447 e. The highest BCUT2D eigenvalue weighted by molar-refractivity contribution is 5.91. The number of benzene rings is 1. The fourth-order valence-electron chi connectivity index (χ4n) is 1.67. The first kappa shape index (κ1) is 9.83. The largest absolute Gasteiger partial charge is 0.447 e. The molecule has 1 aliphatic heterocycles. The molecule has 0 spiro atoms. The summed E-state index contributed by atoms with van der Waals surface area (Å²) >= 11 is 0. The van der Waals surface area contributed by atoms with E-state index >= 15 is 0 Å². The lowest BCUT2D eigenvalue weighted by molar-refractivity contribution is 0.181. The molecule has 2 rings (SSSR count). The Balaban J connectivity index is 2.37. The van der Waals surface area contributed by atoms with E-state index in [0.717, 1.165) is 16.9 Å². The van der Waals surface area contributed by atoms with Crippen molar-refractivity contribution in [3.63, 3.8) is 0 Å². The summed E-state index contributed by atoms with van der Waals surface area (Å²) in [5.74, 6) is 0. The Bertz CT molecular complexity index is 390. The first-order chi connectivity index (χ1) is 7.22. The summed E-state index contributed by atoms with van der Waals surface area (Å²) in [6.07, 6.45) is -0.258. The fraction of sp³-hybridized carbons (Fsp3) is 0.364. The zero-order valence-corrected chi connectivity index (χ0v) is 8.91. The Hall–Kier alpha value is -1.71. The number of carbonyl (C=O) groups excluding carboxylic acids is 1. The second-order valence-electron chi connectivity index (χ2n) is 3.52. The molecule has 0 aromatic heterocycles. The summed E-state index contributed by atoms with van der Waals surface area (Å²) in [6.45, 7) is 3.09. The Morgan fingerprint density at radius 2 is 2.27 bits per heavy atom. The quantitative estimate of drug-likeness (QED) is 0.804. The number of cyclic esters (lactones) is 1. The molecule has 1 saturated heterocycles. The van der Waals surface area contributed by atoms with Gasteiger partial charge in [0.25, 0.3) is 0 Å². The second-order valence-corrected chi connectivity index (χ2v) is 3.52. The van der Waals surface area contributed by atoms with Crippen LogP contribution in [0, 0.1) is 6.92 Å². The predicted molar refractivity (Wildman–Crippen MR) is 59.4 cm³/mol. The Morgan fingerprint density at radius 3 is 2.87 bits per heavy atom. The lowest BCUT2D eigenvalue weighted by Gasteiger charge is -2.16. The molecule has 1 aromatic carbocycles. The molecule has 1 heterocycles. The number of amides is 1. The number of nitrogens with one attached hydrogen (secondary N) is 1. The van der Waals surface area contributed by atoms with Crippen molar-refractivity contribution >= 4 is 17.5 Å². The minimum absolute atomic E-state index is 0.258. The van der Waals surface area contributed by atoms with Crippen LogP contribution in [0.1, 0.15) is 5.56 Å². The molecule has 1 fully saturated rings. The number of rotatable bonds is 2. The third-order valence-corrected chi connectivity index (χ3v) is 2.55. The SMILES string of the molecule is CNc1ccc(C)c(N2CCOC2=O)c1. The highest BCUT2D eigenvalue weighted by Crippen LogP contribution is 2.26. The van der Waals surface area contributed by atoms with Crippen molar-refractivity contribution in [3.05, 3.63) is 23.8 Å². The van der Waals surface area contributed by atoms with Crippen LogP contribution in [0.25, 0.3) is 0 Å². The van der Waals surface area contributed by atoms with Crippen LogP contribution in [-0.2, 0) is 4.74 Å². The summed E-state index contributed by atoms with van der Waals surface area (Å²) in [7, 11) is 1.86. The molecule has 15 heavy (non-hydrogen) atoms. The van der Waals surface area contributed by atoms with Crippen molar-refractivity contribution in [3.8, 4) is 0 Å². The van der Waals surface area contributed by atoms with Crippen molar-refractivity contribution in [2.24, 2.45) is 0 Å². The van der Waals surface area contributed by atoms with Crippen LogP contribution < -0.4 is 10.2 Å². The molecular weight excluding hydrogens is 192 g/mol. The van der Waals surface area contributed by atoms with E-state index in [2.05, 4.69) is 5.32 Å². The fourth-order valence-corrected chi connectivity index (χ4v) is 1.67. The number of ether oxygens (including phenoxy) is 1. The van der Waals surface area contributed by atoms with E-state index in [-0.39, 0.29) is 6.09 Å². The van der Waals surface area contributed by atoms with Gasteiger partial charge in [0, 0.05) is 12.7 Å². The summed E-state index contributed by atoms with van der Waals surface area (Å²) in [6, 6.07) is 5.94. The van der Waals surface area contributed by atoms with Crippen LogP contribution in [0.2, 0.25) is 0 Å². The molecule has 0 radical (unpaired) electrons. The normalized spacial score (nSPS) is 15.3. The van der Waals surface area contributed by atoms with E-state index in [9.17, 15) is 4.79 Å². The van der Waals surface area contributed by atoms with Gasteiger partial charge in [-0.2, -0.15) is 0 Å². The standard InChI is InChI=1S/C11H14N2O2/c1-8-3-4-9(12-2)7-10(8)13-5-6-15-11(13)14/h3-4,7,12H,5-6H2,1-2H3. The lowest BCUT2D eigenvalue weighted by atomic mass is 10.1. The molecule has 0 aliphatic carbocycles. The molecule has 1 aliphatic rings. The van der Waals surface area contributed by atoms with E-state index in [1.165, 1.54) is 0 Å². The van der Waals surface area contributed by atoms with Crippen LogP contribution in [0.15, 0.2) is 18.2 Å². The van der Waals surface area contributed by atoms with Gasteiger partial charge in [-0.15, -0.1) is 0 Å². The molecule has 80 valence electrons. The maximum atomic E-state index is 11.4. The maximum absolute atomic E-state index is 11.4. The van der Waals surface area contributed by atoms with Gasteiger partial charge in [0.15, 0.2) is 0 Å². The molecule has 0 saturated carbocycles. The van der Waals surface area contributed by atoms with Gasteiger partial charge in [-0.1, -0.05) is 6.07 Å². The smallest absolute Gasteiger partial charge is 0.414 e. The number of hydrogen-bond acceptors (Lipinski definition) is 3. The van der Waals surface area contributed by atoms with Crippen molar-refractivity contribution in [1.82, 2.24) is 0 Å². The molecule has 0 bridgehead atoms. The van der Waals surface area contributed by atoms with Crippen LogP contribution in [0.4, 0.5) is 16.2 Å². The zero-order valence-electron chi connectivity index (χ0n) is 8.91. The monoisotopic (exact) mass is 206 g/mol. The van der Waals surface area contributed by atoms with Crippen molar-refractivity contribution in [1.29, 1.82) is 0 Å².